The second kappa shape index (κ2) is 9.52. The van der Waals surface area contributed by atoms with Gasteiger partial charge in [-0.1, -0.05) is 48.9 Å². The second-order valence-electron chi connectivity index (χ2n) is 8.20. The third kappa shape index (κ3) is 5.24. The van der Waals surface area contributed by atoms with Gasteiger partial charge in [0.05, 0.1) is 23.1 Å². The molecule has 5 heteroatoms. The summed E-state index contributed by atoms with van der Waals surface area (Å²) in [4.78, 5) is 25.9. The van der Waals surface area contributed by atoms with Crippen molar-refractivity contribution < 1.29 is 4.79 Å². The van der Waals surface area contributed by atoms with Crippen LogP contribution in [0, 0.1) is 13.8 Å². The molecule has 5 nitrogen and oxygen atoms in total. The van der Waals surface area contributed by atoms with E-state index in [0.29, 0.717) is 5.56 Å². The lowest BCUT2D eigenvalue weighted by atomic mass is 9.95. The average Bonchev–Trinajstić information content (AvgIpc) is 2.80. The molecule has 1 amide bonds. The van der Waals surface area contributed by atoms with E-state index in [1.54, 1.807) is 18.6 Å². The first-order valence-electron chi connectivity index (χ1n) is 10.7. The number of amides is 1. The number of benzene rings is 2. The van der Waals surface area contributed by atoms with Crippen molar-refractivity contribution in [2.75, 3.05) is 5.32 Å². The fourth-order valence-corrected chi connectivity index (χ4v) is 3.61. The maximum Gasteiger partial charge on any atom is 0.257 e. The molecule has 0 saturated carbocycles. The van der Waals surface area contributed by atoms with Crippen molar-refractivity contribution in [3.8, 4) is 11.3 Å². The first kappa shape index (κ1) is 21.4. The molecule has 160 valence electrons. The summed E-state index contributed by atoms with van der Waals surface area (Å²) in [7, 11) is 0. The van der Waals surface area contributed by atoms with Gasteiger partial charge in [0.2, 0.25) is 0 Å². The van der Waals surface area contributed by atoms with E-state index in [4.69, 9.17) is 4.98 Å². The maximum atomic E-state index is 12.6. The molecular formula is C27H26N4O. The lowest BCUT2D eigenvalue weighted by Gasteiger charge is -2.14. The molecule has 4 rings (SSSR count). The quantitative estimate of drug-likeness (QED) is 0.429. The van der Waals surface area contributed by atoms with Crippen molar-refractivity contribution >= 4 is 11.6 Å². The van der Waals surface area contributed by atoms with Gasteiger partial charge in [0.1, 0.15) is 0 Å². The second-order valence-corrected chi connectivity index (χ2v) is 8.20. The Kier molecular flexibility index (Phi) is 6.36. The predicted octanol–water partition coefficient (Wildman–Crippen LogP) is 5.75. The van der Waals surface area contributed by atoms with Crippen molar-refractivity contribution in [1.29, 1.82) is 0 Å². The number of hydrogen-bond acceptors (Lipinski definition) is 4. The molecule has 2 aromatic heterocycles. The van der Waals surface area contributed by atoms with Crippen LogP contribution < -0.4 is 5.32 Å². The van der Waals surface area contributed by atoms with Gasteiger partial charge in [-0.15, -0.1) is 0 Å². The van der Waals surface area contributed by atoms with Crippen LogP contribution >= 0.6 is 0 Å². The minimum absolute atomic E-state index is 0.164. The van der Waals surface area contributed by atoms with Crippen molar-refractivity contribution in [3.05, 3.63) is 107 Å². The van der Waals surface area contributed by atoms with Crippen LogP contribution in [-0.4, -0.2) is 20.9 Å². The number of nitrogens with one attached hydrogen (secondary N) is 1. The zero-order valence-electron chi connectivity index (χ0n) is 18.5. The molecule has 0 aliphatic heterocycles. The van der Waals surface area contributed by atoms with Crippen molar-refractivity contribution in [2.45, 2.75) is 33.1 Å². The summed E-state index contributed by atoms with van der Waals surface area (Å²) >= 11 is 0. The molecule has 0 aliphatic carbocycles. The molecule has 32 heavy (non-hydrogen) atoms. The number of aromatic nitrogens is 3. The van der Waals surface area contributed by atoms with Crippen molar-refractivity contribution in [2.24, 2.45) is 0 Å². The van der Waals surface area contributed by atoms with Gasteiger partial charge in [-0.3, -0.25) is 14.8 Å². The largest absolute Gasteiger partial charge is 0.322 e. The fraction of sp³-hybridized carbons (Fsp3) is 0.185. The Morgan fingerprint density at radius 2 is 1.69 bits per heavy atom. The molecule has 1 N–H and O–H groups in total. The Balaban J connectivity index is 1.47. The Bertz CT molecular complexity index is 1230. The predicted molar refractivity (Wildman–Crippen MR) is 128 cm³/mol. The van der Waals surface area contributed by atoms with E-state index < -0.39 is 0 Å². The number of carbonyl (C=O) groups excluding carboxylic acids is 1. The zero-order valence-corrected chi connectivity index (χ0v) is 18.5. The summed E-state index contributed by atoms with van der Waals surface area (Å²) in [6.07, 6.45) is 7.69. The monoisotopic (exact) mass is 422 g/mol. The van der Waals surface area contributed by atoms with Crippen LogP contribution in [0.2, 0.25) is 0 Å². The third-order valence-corrected chi connectivity index (χ3v) is 5.40. The maximum absolute atomic E-state index is 12.6. The molecule has 0 fully saturated rings. The Hall–Kier alpha value is -3.86. The average molecular weight is 423 g/mol. The van der Waals surface area contributed by atoms with Crippen LogP contribution in [0.4, 0.5) is 5.69 Å². The highest BCUT2D eigenvalue weighted by Crippen LogP contribution is 2.24. The molecule has 2 aromatic carbocycles. The van der Waals surface area contributed by atoms with Gasteiger partial charge in [0.25, 0.3) is 5.91 Å². The van der Waals surface area contributed by atoms with Gasteiger partial charge in [-0.2, -0.15) is 0 Å². The highest BCUT2D eigenvalue weighted by molar-refractivity contribution is 6.04. The van der Waals surface area contributed by atoms with Crippen LogP contribution in [0.5, 0.6) is 0 Å². The van der Waals surface area contributed by atoms with Gasteiger partial charge in [0, 0.05) is 29.8 Å². The van der Waals surface area contributed by atoms with Crippen LogP contribution in [0.15, 0.2) is 79.4 Å². The lowest BCUT2D eigenvalue weighted by Crippen LogP contribution is -2.12. The number of carbonyl (C=O) groups is 1. The summed E-state index contributed by atoms with van der Waals surface area (Å²) in [5, 5.41) is 2.97. The molecular weight excluding hydrogens is 396 g/mol. The van der Waals surface area contributed by atoms with E-state index in [2.05, 4.69) is 59.5 Å². The summed E-state index contributed by atoms with van der Waals surface area (Å²) < 4.78 is 0. The first-order valence-corrected chi connectivity index (χ1v) is 10.7. The molecule has 0 aliphatic rings. The van der Waals surface area contributed by atoms with E-state index in [1.807, 2.05) is 37.4 Å². The minimum Gasteiger partial charge on any atom is -0.322 e. The molecule has 2 heterocycles. The van der Waals surface area contributed by atoms with Gasteiger partial charge >= 0.3 is 0 Å². The Morgan fingerprint density at radius 3 is 2.47 bits per heavy atom. The fourth-order valence-electron chi connectivity index (χ4n) is 3.61. The van der Waals surface area contributed by atoms with Crippen LogP contribution in [-0.2, 0) is 6.42 Å². The van der Waals surface area contributed by atoms with Gasteiger partial charge in [-0.25, -0.2) is 4.98 Å². The summed E-state index contributed by atoms with van der Waals surface area (Å²) in [6.45, 7) is 6.15. The molecule has 0 bridgehead atoms. The van der Waals surface area contributed by atoms with Crippen LogP contribution in [0.25, 0.3) is 11.3 Å². The topological polar surface area (TPSA) is 67.8 Å². The Labute approximate surface area is 188 Å². The van der Waals surface area contributed by atoms with Gasteiger partial charge < -0.3 is 5.32 Å². The van der Waals surface area contributed by atoms with Crippen molar-refractivity contribution in [1.82, 2.24) is 15.0 Å². The Morgan fingerprint density at radius 1 is 0.906 bits per heavy atom. The smallest absolute Gasteiger partial charge is 0.257 e. The van der Waals surface area contributed by atoms with E-state index in [9.17, 15) is 4.79 Å². The summed E-state index contributed by atoms with van der Waals surface area (Å²) in [5.41, 5.74) is 7.50. The summed E-state index contributed by atoms with van der Waals surface area (Å²) in [5.74, 6) is 0.0534. The number of pyridine rings is 1. The molecule has 0 radical (unpaired) electrons. The van der Waals surface area contributed by atoms with Gasteiger partial charge in [-0.05, 0) is 55.5 Å². The van der Waals surface area contributed by atoms with Crippen LogP contribution in [0.1, 0.15) is 45.6 Å². The van der Waals surface area contributed by atoms with Crippen LogP contribution in [0.3, 0.4) is 0 Å². The molecule has 1 atom stereocenters. The molecule has 0 spiro atoms. The molecule has 0 saturated heterocycles. The van der Waals surface area contributed by atoms with E-state index in [1.165, 1.54) is 5.56 Å². The zero-order chi connectivity index (χ0) is 22.5. The standard InChI is InChI=1S/C27H26N4O/c1-18-7-9-21(10-8-18)26-17-29-16-25(30-26)12-20(3)22-5-4-6-24(13-22)31-27(32)23-11-19(2)14-28-15-23/h4-11,13-17,20H,12H2,1-3H3,(H,31,32)/t20-/m1/s1. The van der Waals surface area contributed by atoms with E-state index in [-0.39, 0.29) is 11.8 Å². The van der Waals surface area contributed by atoms with E-state index >= 15 is 0 Å². The normalized spacial score (nSPS) is 11.7. The first-order chi connectivity index (χ1) is 15.5. The SMILES string of the molecule is Cc1ccc(-c2cncc(C[C@@H](C)c3cccc(NC(=O)c4cncc(C)c4)c3)n2)cc1. The third-order valence-electron chi connectivity index (χ3n) is 5.40. The lowest BCUT2D eigenvalue weighted by molar-refractivity contribution is 0.102. The molecule has 4 aromatic rings. The highest BCUT2D eigenvalue weighted by Gasteiger charge is 2.12. The van der Waals surface area contributed by atoms with E-state index in [0.717, 1.165) is 40.2 Å². The number of anilines is 1. The van der Waals surface area contributed by atoms with Crippen molar-refractivity contribution in [3.63, 3.8) is 0 Å². The number of rotatable bonds is 6. The molecule has 0 unspecified atom stereocenters. The minimum atomic E-state index is -0.164. The number of nitrogens with zero attached hydrogens (tertiary/aromatic N) is 3. The summed E-state index contributed by atoms with van der Waals surface area (Å²) in [6, 6.07) is 18.1. The van der Waals surface area contributed by atoms with Gasteiger partial charge in [0.15, 0.2) is 0 Å². The number of aryl methyl sites for hydroxylation is 2. The highest BCUT2D eigenvalue weighted by atomic mass is 16.1. The number of hydrogen-bond donors (Lipinski definition) is 1.